The number of carbonyl (C=O) groups excluding carboxylic acids is 1. The molecule has 2 fully saturated rings. The number of hydrogen-bond acceptors (Lipinski definition) is 7. The lowest BCUT2D eigenvalue weighted by molar-refractivity contribution is -0.144. The first-order chi connectivity index (χ1) is 13.3. The molecule has 0 aliphatic carbocycles. The highest BCUT2D eigenvalue weighted by Gasteiger charge is 2.48. The van der Waals surface area contributed by atoms with Gasteiger partial charge in [0.25, 0.3) is 0 Å². The summed E-state index contributed by atoms with van der Waals surface area (Å²) >= 11 is 0. The van der Waals surface area contributed by atoms with Gasteiger partial charge in [-0.1, -0.05) is 18.2 Å². The van der Waals surface area contributed by atoms with Gasteiger partial charge in [-0.15, -0.1) is 0 Å². The Balaban J connectivity index is 1.77. The minimum atomic E-state index is -3.54. The molecule has 0 N–H and O–H groups in total. The van der Waals surface area contributed by atoms with Crippen molar-refractivity contribution in [1.82, 2.24) is 0 Å². The van der Waals surface area contributed by atoms with Gasteiger partial charge in [0.1, 0.15) is 6.29 Å². The van der Waals surface area contributed by atoms with E-state index in [1.54, 1.807) is 37.4 Å². The Morgan fingerprint density at radius 2 is 1.93 bits per heavy atom. The third kappa shape index (κ3) is 4.80. The normalized spacial score (nSPS) is 32.5. The van der Waals surface area contributed by atoms with E-state index in [1.165, 1.54) is 0 Å². The zero-order chi connectivity index (χ0) is 20.4. The second-order valence-corrected chi connectivity index (χ2v) is 9.79. The van der Waals surface area contributed by atoms with Gasteiger partial charge in [0.05, 0.1) is 41.7 Å². The van der Waals surface area contributed by atoms with Gasteiger partial charge in [0, 0.05) is 25.9 Å². The fraction of sp³-hybridized carbons (Fsp3) is 0.650. The summed E-state index contributed by atoms with van der Waals surface area (Å²) < 4.78 is 49.0. The van der Waals surface area contributed by atoms with Crippen molar-refractivity contribution in [3.8, 4) is 0 Å². The maximum absolute atomic E-state index is 12.9. The van der Waals surface area contributed by atoms with Crippen molar-refractivity contribution in [2.24, 2.45) is 5.92 Å². The van der Waals surface area contributed by atoms with Gasteiger partial charge in [-0.05, 0) is 26.0 Å². The van der Waals surface area contributed by atoms with E-state index in [-0.39, 0.29) is 29.3 Å². The van der Waals surface area contributed by atoms with Crippen LogP contribution in [0.25, 0.3) is 0 Å². The highest BCUT2D eigenvalue weighted by Crippen LogP contribution is 2.37. The summed E-state index contributed by atoms with van der Waals surface area (Å²) in [5, 5.41) is 0. The number of carbonyl (C=O) groups is 1. The summed E-state index contributed by atoms with van der Waals surface area (Å²) in [4.78, 5) is 11.4. The number of ether oxygens (including phenoxy) is 4. The Bertz CT molecular complexity index is 762. The molecule has 0 radical (unpaired) electrons. The first-order valence-corrected chi connectivity index (χ1v) is 11.1. The van der Waals surface area contributed by atoms with Crippen LogP contribution in [0.2, 0.25) is 0 Å². The van der Waals surface area contributed by atoms with Gasteiger partial charge in [-0.25, -0.2) is 8.42 Å². The van der Waals surface area contributed by atoms with Crippen LogP contribution in [-0.4, -0.2) is 64.4 Å². The van der Waals surface area contributed by atoms with Crippen LogP contribution < -0.4 is 0 Å². The highest BCUT2D eigenvalue weighted by atomic mass is 32.2. The third-order valence-electron chi connectivity index (χ3n) is 5.29. The molecule has 2 saturated heterocycles. The minimum Gasteiger partial charge on any atom is -0.378 e. The van der Waals surface area contributed by atoms with E-state index in [0.717, 1.165) is 6.29 Å². The summed E-state index contributed by atoms with van der Waals surface area (Å²) in [6.45, 7) is 4.14. The van der Waals surface area contributed by atoms with Crippen LogP contribution in [0.4, 0.5) is 0 Å². The molecule has 28 heavy (non-hydrogen) atoms. The van der Waals surface area contributed by atoms with Crippen molar-refractivity contribution >= 4 is 16.1 Å². The topological polar surface area (TPSA) is 88.1 Å². The molecule has 0 bridgehead atoms. The van der Waals surface area contributed by atoms with Crippen LogP contribution in [-0.2, 0) is 33.6 Å². The molecule has 2 heterocycles. The van der Waals surface area contributed by atoms with Gasteiger partial charge in [-0.3, -0.25) is 0 Å². The van der Waals surface area contributed by atoms with Crippen LogP contribution in [0, 0.1) is 5.92 Å². The van der Waals surface area contributed by atoms with Crippen molar-refractivity contribution < 1.29 is 32.2 Å². The number of benzene rings is 1. The van der Waals surface area contributed by atoms with Gasteiger partial charge < -0.3 is 23.7 Å². The van der Waals surface area contributed by atoms with Crippen molar-refractivity contribution in [3.63, 3.8) is 0 Å². The molecule has 0 unspecified atom stereocenters. The van der Waals surface area contributed by atoms with Crippen LogP contribution in [0.15, 0.2) is 35.2 Å². The monoisotopic (exact) mass is 412 g/mol. The van der Waals surface area contributed by atoms with Crippen molar-refractivity contribution in [2.75, 3.05) is 19.5 Å². The Morgan fingerprint density at radius 1 is 1.21 bits per heavy atom. The Hall–Kier alpha value is -1.32. The van der Waals surface area contributed by atoms with Gasteiger partial charge in [0.15, 0.2) is 15.6 Å². The molecule has 156 valence electrons. The van der Waals surface area contributed by atoms with Crippen molar-refractivity contribution in [1.29, 1.82) is 0 Å². The number of rotatable bonds is 8. The lowest BCUT2D eigenvalue weighted by Crippen LogP contribution is -2.36. The largest absolute Gasteiger partial charge is 0.378 e. The lowest BCUT2D eigenvalue weighted by atomic mass is 9.94. The molecule has 7 nitrogen and oxygen atoms in total. The van der Waals surface area contributed by atoms with E-state index in [1.807, 2.05) is 13.8 Å². The number of aldehydes is 1. The maximum Gasteiger partial charge on any atom is 0.178 e. The summed E-state index contributed by atoms with van der Waals surface area (Å²) in [5.41, 5.74) is 0. The predicted octanol–water partition coefficient (Wildman–Crippen LogP) is 1.99. The molecule has 8 heteroatoms. The molecule has 2 aliphatic rings. The van der Waals surface area contributed by atoms with E-state index in [9.17, 15) is 13.2 Å². The Morgan fingerprint density at radius 3 is 2.50 bits per heavy atom. The van der Waals surface area contributed by atoms with Gasteiger partial charge in [0.2, 0.25) is 0 Å². The fourth-order valence-electron chi connectivity index (χ4n) is 4.05. The standard InChI is InChI=1S/C20H28O7S/c1-20(2)25-12-14(27-20)11-18-19(24-3)16(17(26-18)9-10-21)13-28(22,23)15-7-5-4-6-8-15/h4-8,10,14,16-19H,9,11-13H2,1-3H3/t14-,16-,17-,18+,19+/m0/s1. The van der Waals surface area contributed by atoms with Gasteiger partial charge >= 0.3 is 0 Å². The number of sulfone groups is 1. The van der Waals surface area contributed by atoms with E-state index in [4.69, 9.17) is 18.9 Å². The van der Waals surface area contributed by atoms with Crippen molar-refractivity contribution in [2.45, 2.75) is 61.8 Å². The summed E-state index contributed by atoms with van der Waals surface area (Å²) in [6, 6.07) is 8.30. The first kappa shape index (κ1) is 21.4. The number of hydrogen-bond donors (Lipinski definition) is 0. The van der Waals surface area contributed by atoms with Crippen LogP contribution >= 0.6 is 0 Å². The Kier molecular flexibility index (Phi) is 6.56. The zero-order valence-corrected chi connectivity index (χ0v) is 17.3. The molecular weight excluding hydrogens is 384 g/mol. The van der Waals surface area contributed by atoms with Crippen LogP contribution in [0.1, 0.15) is 26.7 Å². The molecule has 0 spiro atoms. The maximum atomic E-state index is 12.9. The van der Waals surface area contributed by atoms with E-state index >= 15 is 0 Å². The fourth-order valence-corrected chi connectivity index (χ4v) is 5.72. The van der Waals surface area contributed by atoms with Gasteiger partial charge in [-0.2, -0.15) is 0 Å². The summed E-state index contributed by atoms with van der Waals surface area (Å²) in [7, 11) is -2.00. The van der Waals surface area contributed by atoms with E-state index < -0.39 is 33.8 Å². The molecule has 1 aromatic rings. The first-order valence-electron chi connectivity index (χ1n) is 9.47. The average molecular weight is 413 g/mol. The second-order valence-electron chi connectivity index (χ2n) is 7.76. The zero-order valence-electron chi connectivity index (χ0n) is 16.4. The second kappa shape index (κ2) is 8.59. The smallest absolute Gasteiger partial charge is 0.178 e. The molecule has 5 atom stereocenters. The number of methoxy groups -OCH3 is 1. The lowest BCUT2D eigenvalue weighted by Gasteiger charge is -2.24. The molecule has 3 rings (SSSR count). The molecule has 1 aromatic carbocycles. The SMILES string of the molecule is CO[C@@H]1[C@@H](CS(=O)(=O)c2ccccc2)[C@H](CC=O)O[C@@H]1C[C@H]1COC(C)(C)O1. The van der Waals surface area contributed by atoms with Crippen LogP contribution in [0.5, 0.6) is 0 Å². The molecule has 0 saturated carbocycles. The Labute approximate surface area is 166 Å². The minimum absolute atomic E-state index is 0.124. The molecule has 0 aromatic heterocycles. The highest BCUT2D eigenvalue weighted by molar-refractivity contribution is 7.91. The molecular formula is C20H28O7S. The summed E-state index contributed by atoms with van der Waals surface area (Å²) in [6.07, 6.45) is -0.0949. The van der Waals surface area contributed by atoms with Crippen molar-refractivity contribution in [3.05, 3.63) is 30.3 Å². The summed E-state index contributed by atoms with van der Waals surface area (Å²) in [5.74, 6) is -1.23. The van der Waals surface area contributed by atoms with E-state index in [2.05, 4.69) is 0 Å². The van der Waals surface area contributed by atoms with Crippen LogP contribution in [0.3, 0.4) is 0 Å². The molecule has 2 aliphatic heterocycles. The molecule has 0 amide bonds. The quantitative estimate of drug-likeness (QED) is 0.603. The average Bonchev–Trinajstić information content (AvgIpc) is 3.15. The van der Waals surface area contributed by atoms with E-state index in [0.29, 0.717) is 13.0 Å². The third-order valence-corrected chi connectivity index (χ3v) is 7.11. The predicted molar refractivity (Wildman–Crippen MR) is 102 cm³/mol.